The Bertz CT molecular complexity index is 863. The maximum absolute atomic E-state index is 12.6. The second-order valence-electron chi connectivity index (χ2n) is 6.57. The summed E-state index contributed by atoms with van der Waals surface area (Å²) in [5, 5.41) is 2.97. The minimum absolute atomic E-state index is 0.0126. The van der Waals surface area contributed by atoms with E-state index in [4.69, 9.17) is 9.47 Å². The molecule has 1 N–H and O–H groups in total. The van der Waals surface area contributed by atoms with E-state index >= 15 is 0 Å². The third kappa shape index (κ3) is 4.39. The summed E-state index contributed by atoms with van der Waals surface area (Å²) in [4.78, 5) is 26.1. The number of ether oxygens (including phenoxy) is 2. The van der Waals surface area contributed by atoms with Crippen molar-refractivity contribution in [3.8, 4) is 11.5 Å². The van der Waals surface area contributed by atoms with E-state index in [1.165, 1.54) is 11.8 Å². The van der Waals surface area contributed by atoms with Crippen LogP contribution in [-0.4, -0.2) is 30.1 Å². The molecule has 2 amide bonds. The molecule has 1 aliphatic rings. The Morgan fingerprint density at radius 3 is 2.67 bits per heavy atom. The maximum atomic E-state index is 12.6. The number of amides is 2. The molecule has 0 radical (unpaired) electrons. The van der Waals surface area contributed by atoms with E-state index in [-0.39, 0.29) is 25.2 Å². The summed E-state index contributed by atoms with van der Waals surface area (Å²) >= 11 is 0. The Hall–Kier alpha value is -3.02. The lowest BCUT2D eigenvalue weighted by Gasteiger charge is -2.22. The van der Waals surface area contributed by atoms with Crippen molar-refractivity contribution >= 4 is 17.5 Å². The maximum Gasteiger partial charge on any atom is 0.244 e. The molecule has 0 atom stereocenters. The third-order valence-electron chi connectivity index (χ3n) is 4.59. The molecule has 2 aromatic carbocycles. The molecule has 0 unspecified atom stereocenters. The van der Waals surface area contributed by atoms with Gasteiger partial charge in [-0.2, -0.15) is 0 Å². The van der Waals surface area contributed by atoms with Gasteiger partial charge in [0.15, 0.2) is 11.5 Å². The monoisotopic (exact) mass is 368 g/mol. The first kappa shape index (κ1) is 18.8. The zero-order chi connectivity index (χ0) is 19.4. The van der Waals surface area contributed by atoms with Crippen LogP contribution in [0, 0.1) is 6.92 Å². The molecule has 0 aromatic heterocycles. The Morgan fingerprint density at radius 1 is 1.15 bits per heavy atom. The van der Waals surface area contributed by atoms with Crippen molar-refractivity contribution in [1.29, 1.82) is 0 Å². The van der Waals surface area contributed by atoms with Gasteiger partial charge in [0.1, 0.15) is 6.54 Å². The lowest BCUT2D eigenvalue weighted by molar-refractivity contribution is -0.133. The van der Waals surface area contributed by atoms with Crippen LogP contribution in [0.25, 0.3) is 0 Å². The summed E-state index contributed by atoms with van der Waals surface area (Å²) in [5.74, 6) is 0.976. The summed E-state index contributed by atoms with van der Waals surface area (Å²) in [6.45, 7) is 5.99. The number of aryl methyl sites for hydroxylation is 2. The molecule has 142 valence electrons. The summed E-state index contributed by atoms with van der Waals surface area (Å²) < 4.78 is 10.7. The highest BCUT2D eigenvalue weighted by Gasteiger charge is 2.18. The van der Waals surface area contributed by atoms with Crippen LogP contribution in [0.4, 0.5) is 5.69 Å². The highest BCUT2D eigenvalue weighted by Crippen LogP contribution is 2.32. The van der Waals surface area contributed by atoms with Gasteiger partial charge in [0.25, 0.3) is 0 Å². The number of anilines is 1. The molecule has 0 bridgehead atoms. The van der Waals surface area contributed by atoms with Crippen molar-refractivity contribution in [2.75, 3.05) is 18.7 Å². The number of fused-ring (bicyclic) bond motifs is 1. The number of hydrogen-bond acceptors (Lipinski definition) is 4. The average molecular weight is 368 g/mol. The molecule has 0 aliphatic carbocycles. The van der Waals surface area contributed by atoms with Crippen molar-refractivity contribution in [3.63, 3.8) is 0 Å². The third-order valence-corrected chi connectivity index (χ3v) is 4.59. The van der Waals surface area contributed by atoms with E-state index in [0.717, 1.165) is 28.8 Å². The predicted octanol–water partition coefficient (Wildman–Crippen LogP) is 3.27. The standard InChI is InChI=1S/C21H24N2O4/c1-4-17-7-5-6-14(2)21(17)22-20(25)12-23(15(3)24)11-16-8-9-18-19(10-16)27-13-26-18/h5-10H,4,11-13H2,1-3H3,(H,22,25). The van der Waals surface area contributed by atoms with Gasteiger partial charge in [-0.25, -0.2) is 0 Å². The highest BCUT2D eigenvalue weighted by molar-refractivity contribution is 5.95. The van der Waals surface area contributed by atoms with Crippen LogP contribution in [0.5, 0.6) is 11.5 Å². The number of carbonyl (C=O) groups excluding carboxylic acids is 2. The van der Waals surface area contributed by atoms with Crippen molar-refractivity contribution in [2.24, 2.45) is 0 Å². The number of nitrogens with one attached hydrogen (secondary N) is 1. The molecule has 6 nitrogen and oxygen atoms in total. The van der Waals surface area contributed by atoms with E-state index in [1.54, 1.807) is 0 Å². The normalized spacial score (nSPS) is 12.0. The summed E-state index contributed by atoms with van der Waals surface area (Å²) in [5.41, 5.74) is 3.80. The first-order chi connectivity index (χ1) is 13.0. The molecule has 0 saturated heterocycles. The van der Waals surface area contributed by atoms with Gasteiger partial charge in [-0.1, -0.05) is 31.2 Å². The van der Waals surface area contributed by atoms with Crippen LogP contribution in [0.2, 0.25) is 0 Å². The van der Waals surface area contributed by atoms with E-state index in [2.05, 4.69) is 5.32 Å². The second-order valence-corrected chi connectivity index (χ2v) is 6.57. The van der Waals surface area contributed by atoms with Crippen molar-refractivity contribution < 1.29 is 19.1 Å². The molecular weight excluding hydrogens is 344 g/mol. The fourth-order valence-electron chi connectivity index (χ4n) is 3.09. The second kappa shape index (κ2) is 8.12. The Labute approximate surface area is 159 Å². The number of para-hydroxylation sites is 1. The number of hydrogen-bond donors (Lipinski definition) is 1. The van der Waals surface area contributed by atoms with E-state index in [1.807, 2.05) is 50.2 Å². The van der Waals surface area contributed by atoms with Crippen LogP contribution < -0.4 is 14.8 Å². The molecule has 6 heteroatoms. The Kier molecular flexibility index (Phi) is 5.64. The number of benzene rings is 2. The Morgan fingerprint density at radius 2 is 1.93 bits per heavy atom. The van der Waals surface area contributed by atoms with E-state index < -0.39 is 0 Å². The zero-order valence-electron chi connectivity index (χ0n) is 15.9. The first-order valence-corrected chi connectivity index (χ1v) is 9.00. The lowest BCUT2D eigenvalue weighted by atomic mass is 10.1. The van der Waals surface area contributed by atoms with Crippen LogP contribution in [-0.2, 0) is 22.6 Å². The van der Waals surface area contributed by atoms with Crippen molar-refractivity contribution in [2.45, 2.75) is 33.7 Å². The zero-order valence-corrected chi connectivity index (χ0v) is 15.9. The smallest absolute Gasteiger partial charge is 0.244 e. The molecule has 1 heterocycles. The largest absolute Gasteiger partial charge is 0.454 e. The van der Waals surface area contributed by atoms with Gasteiger partial charge in [-0.15, -0.1) is 0 Å². The van der Waals surface area contributed by atoms with Crippen LogP contribution >= 0.6 is 0 Å². The van der Waals surface area contributed by atoms with Crippen LogP contribution in [0.15, 0.2) is 36.4 Å². The molecule has 0 saturated carbocycles. The molecular formula is C21H24N2O4. The topological polar surface area (TPSA) is 67.9 Å². The predicted molar refractivity (Wildman–Crippen MR) is 103 cm³/mol. The fraction of sp³-hybridized carbons (Fsp3) is 0.333. The number of rotatable bonds is 6. The SMILES string of the molecule is CCc1cccc(C)c1NC(=O)CN(Cc1ccc2c(c1)OCO2)C(C)=O. The quantitative estimate of drug-likeness (QED) is 0.850. The molecule has 27 heavy (non-hydrogen) atoms. The van der Waals surface area contributed by atoms with E-state index in [9.17, 15) is 9.59 Å². The van der Waals surface area contributed by atoms with Gasteiger partial charge >= 0.3 is 0 Å². The highest BCUT2D eigenvalue weighted by atomic mass is 16.7. The van der Waals surface area contributed by atoms with Crippen molar-refractivity contribution in [3.05, 3.63) is 53.1 Å². The summed E-state index contributed by atoms with van der Waals surface area (Å²) in [6.07, 6.45) is 0.824. The number of carbonyl (C=O) groups is 2. The Balaban J connectivity index is 1.69. The van der Waals surface area contributed by atoms with Crippen LogP contribution in [0.3, 0.4) is 0 Å². The van der Waals surface area contributed by atoms with Crippen LogP contribution in [0.1, 0.15) is 30.5 Å². The average Bonchev–Trinajstić information content (AvgIpc) is 3.10. The van der Waals surface area contributed by atoms with Gasteiger partial charge in [0.2, 0.25) is 18.6 Å². The van der Waals surface area contributed by atoms with Gasteiger partial charge in [-0.05, 0) is 42.2 Å². The van der Waals surface area contributed by atoms with Gasteiger partial charge < -0.3 is 19.7 Å². The van der Waals surface area contributed by atoms with Gasteiger partial charge in [0, 0.05) is 19.2 Å². The minimum atomic E-state index is -0.213. The van der Waals surface area contributed by atoms with E-state index in [0.29, 0.717) is 18.0 Å². The summed E-state index contributed by atoms with van der Waals surface area (Å²) in [7, 11) is 0. The lowest BCUT2D eigenvalue weighted by Crippen LogP contribution is -2.36. The number of nitrogens with zero attached hydrogens (tertiary/aromatic N) is 1. The summed E-state index contributed by atoms with van der Waals surface area (Å²) in [6, 6.07) is 11.5. The minimum Gasteiger partial charge on any atom is -0.454 e. The van der Waals surface area contributed by atoms with Gasteiger partial charge in [-0.3, -0.25) is 9.59 Å². The van der Waals surface area contributed by atoms with Crippen molar-refractivity contribution in [1.82, 2.24) is 4.90 Å². The van der Waals surface area contributed by atoms with Gasteiger partial charge in [0.05, 0.1) is 0 Å². The fourth-order valence-corrected chi connectivity index (χ4v) is 3.09. The molecule has 1 aliphatic heterocycles. The molecule has 0 fully saturated rings. The molecule has 2 aromatic rings. The first-order valence-electron chi connectivity index (χ1n) is 9.00. The molecule has 0 spiro atoms. The molecule has 3 rings (SSSR count).